The number of rotatable bonds is 2. The van der Waals surface area contributed by atoms with E-state index in [4.69, 9.17) is 9.63 Å². The van der Waals surface area contributed by atoms with Crippen molar-refractivity contribution >= 4 is 20.8 Å². The molecular formula is C5H8NO4P. The summed E-state index contributed by atoms with van der Waals surface area (Å²) in [6, 6.07) is 0. The first kappa shape index (κ1) is 8.43. The van der Waals surface area contributed by atoms with Crippen LogP contribution in [0, 0.1) is 0 Å². The molecular weight excluding hydrogens is 169 g/mol. The highest BCUT2D eigenvalue weighted by atomic mass is 31.1. The fourth-order valence-electron chi connectivity index (χ4n) is 0.703. The summed E-state index contributed by atoms with van der Waals surface area (Å²) in [5.74, 6) is -1.15. The Bertz CT molecular complexity index is 183. The fraction of sp³-hybridized carbons (Fsp3) is 0.600. The van der Waals surface area contributed by atoms with Crippen LogP contribution in [0.1, 0.15) is 6.42 Å². The summed E-state index contributed by atoms with van der Waals surface area (Å²) in [5.41, 5.74) is 0. The molecule has 6 heteroatoms. The molecule has 0 saturated carbocycles. The molecule has 1 rings (SSSR count). The van der Waals surface area contributed by atoms with E-state index in [0.717, 1.165) is 0 Å². The Balaban J connectivity index is 2.42. The third-order valence-corrected chi connectivity index (χ3v) is 2.15. The Morgan fingerprint density at radius 1 is 1.82 bits per heavy atom. The number of nitrogens with zero attached hydrogens (tertiary/aromatic N) is 1. The molecule has 1 saturated heterocycles. The van der Waals surface area contributed by atoms with Crippen molar-refractivity contribution in [3.63, 3.8) is 0 Å². The largest absolute Gasteiger partial charge is 0.480 e. The zero-order valence-electron chi connectivity index (χ0n) is 5.74. The highest BCUT2D eigenvalue weighted by Gasteiger charge is 2.20. The highest BCUT2D eigenvalue weighted by Crippen LogP contribution is 2.24. The first-order valence-corrected chi connectivity index (χ1v) is 3.95. The van der Waals surface area contributed by atoms with Gasteiger partial charge in [0.2, 0.25) is 5.91 Å². The lowest BCUT2D eigenvalue weighted by Crippen LogP contribution is -2.32. The number of hydrogen-bond donors (Lipinski definition) is 1. The quantitative estimate of drug-likeness (QED) is 0.594. The van der Waals surface area contributed by atoms with E-state index in [1.54, 1.807) is 0 Å². The lowest BCUT2D eigenvalue weighted by atomic mass is 10.4. The van der Waals surface area contributed by atoms with Gasteiger partial charge in [-0.2, -0.15) is 0 Å². The number of aliphatic carboxylic acids is 1. The Kier molecular flexibility index (Phi) is 2.79. The van der Waals surface area contributed by atoms with Crippen molar-refractivity contribution in [2.45, 2.75) is 6.42 Å². The van der Waals surface area contributed by atoms with E-state index in [1.165, 1.54) is 4.67 Å². The van der Waals surface area contributed by atoms with Gasteiger partial charge >= 0.3 is 5.97 Å². The van der Waals surface area contributed by atoms with Gasteiger partial charge in [-0.05, 0) is 0 Å². The van der Waals surface area contributed by atoms with Gasteiger partial charge in [0.25, 0.3) is 0 Å². The van der Waals surface area contributed by atoms with E-state index in [-0.39, 0.29) is 21.4 Å². The minimum absolute atomic E-state index is 0.131. The molecule has 0 bridgehead atoms. The van der Waals surface area contributed by atoms with Crippen LogP contribution in [-0.4, -0.2) is 34.8 Å². The standard InChI is InChI=1S/C5H8NO4P/c7-4-1-2-10-11-6(4)3-5(8)9/h11H,1-3H2,(H,8,9). The van der Waals surface area contributed by atoms with E-state index in [1.807, 2.05) is 0 Å². The number of carboxylic acid groups (broad SMARTS) is 1. The normalized spacial score (nSPS) is 20.7. The van der Waals surface area contributed by atoms with Crippen LogP contribution in [0.2, 0.25) is 0 Å². The Morgan fingerprint density at radius 3 is 3.09 bits per heavy atom. The number of carbonyl (C=O) groups is 2. The molecule has 62 valence electrons. The van der Waals surface area contributed by atoms with Gasteiger partial charge in [-0.3, -0.25) is 14.3 Å². The molecule has 0 aromatic heterocycles. The molecule has 0 aromatic carbocycles. The zero-order chi connectivity index (χ0) is 8.27. The SMILES string of the molecule is O=C(O)CN1POCCC1=O. The summed E-state index contributed by atoms with van der Waals surface area (Å²) in [7, 11) is -0.131. The Morgan fingerprint density at radius 2 is 2.55 bits per heavy atom. The lowest BCUT2D eigenvalue weighted by Gasteiger charge is -2.23. The first-order chi connectivity index (χ1) is 5.20. The molecule has 11 heavy (non-hydrogen) atoms. The van der Waals surface area contributed by atoms with Crippen molar-refractivity contribution in [3.8, 4) is 0 Å². The maximum absolute atomic E-state index is 10.9. The summed E-state index contributed by atoms with van der Waals surface area (Å²) >= 11 is 0. The van der Waals surface area contributed by atoms with Gasteiger partial charge in [-0.1, -0.05) is 0 Å². The fourth-order valence-corrected chi connectivity index (χ4v) is 1.47. The summed E-state index contributed by atoms with van der Waals surface area (Å²) in [6.45, 7) is 0.157. The summed E-state index contributed by atoms with van der Waals surface area (Å²) in [5, 5.41) is 8.34. The molecule has 1 aliphatic heterocycles. The predicted octanol–water partition coefficient (Wildman–Crippen LogP) is -0.172. The van der Waals surface area contributed by atoms with Crippen molar-refractivity contribution in [1.29, 1.82) is 0 Å². The van der Waals surface area contributed by atoms with Crippen molar-refractivity contribution < 1.29 is 19.2 Å². The van der Waals surface area contributed by atoms with Crippen LogP contribution in [-0.2, 0) is 14.1 Å². The third kappa shape index (κ3) is 2.44. The molecule has 0 spiro atoms. The number of hydrogen-bond acceptors (Lipinski definition) is 3. The maximum atomic E-state index is 10.9. The van der Waals surface area contributed by atoms with Crippen molar-refractivity contribution in [2.24, 2.45) is 0 Å². The van der Waals surface area contributed by atoms with Crippen LogP contribution in [0.4, 0.5) is 0 Å². The van der Waals surface area contributed by atoms with Gasteiger partial charge in [0.05, 0.1) is 13.0 Å². The lowest BCUT2D eigenvalue weighted by molar-refractivity contribution is -0.142. The van der Waals surface area contributed by atoms with Gasteiger partial charge in [-0.15, -0.1) is 0 Å². The molecule has 5 nitrogen and oxygen atoms in total. The van der Waals surface area contributed by atoms with Gasteiger partial charge < -0.3 is 9.63 Å². The maximum Gasteiger partial charge on any atom is 0.323 e. The monoisotopic (exact) mass is 177 g/mol. The smallest absolute Gasteiger partial charge is 0.323 e. The van der Waals surface area contributed by atoms with E-state index < -0.39 is 5.97 Å². The average molecular weight is 177 g/mol. The molecule has 0 aromatic rings. The predicted molar refractivity (Wildman–Crippen MR) is 38.2 cm³/mol. The molecule has 1 N–H and O–H groups in total. The molecule has 1 unspecified atom stereocenters. The van der Waals surface area contributed by atoms with Gasteiger partial charge in [-0.25, -0.2) is 0 Å². The van der Waals surface area contributed by atoms with Gasteiger partial charge in [0, 0.05) is 0 Å². The summed E-state index contributed by atoms with van der Waals surface area (Å²) < 4.78 is 6.12. The van der Waals surface area contributed by atoms with E-state index >= 15 is 0 Å². The average Bonchev–Trinajstić information content (AvgIpc) is 1.93. The zero-order valence-corrected chi connectivity index (χ0v) is 6.74. The highest BCUT2D eigenvalue weighted by molar-refractivity contribution is 7.30. The topological polar surface area (TPSA) is 66.8 Å². The van der Waals surface area contributed by atoms with Crippen LogP contribution in [0.5, 0.6) is 0 Å². The van der Waals surface area contributed by atoms with Crippen LogP contribution < -0.4 is 0 Å². The van der Waals surface area contributed by atoms with E-state index in [9.17, 15) is 9.59 Å². The van der Waals surface area contributed by atoms with Crippen LogP contribution in [0.3, 0.4) is 0 Å². The van der Waals surface area contributed by atoms with Crippen molar-refractivity contribution in [1.82, 2.24) is 4.67 Å². The summed E-state index contributed by atoms with van der Waals surface area (Å²) in [6.07, 6.45) is 0.292. The first-order valence-electron chi connectivity index (χ1n) is 3.10. The Labute approximate surface area is 65.2 Å². The minimum Gasteiger partial charge on any atom is -0.480 e. The molecule has 1 atom stereocenters. The van der Waals surface area contributed by atoms with Crippen LogP contribution >= 0.6 is 8.96 Å². The van der Waals surface area contributed by atoms with E-state index in [2.05, 4.69) is 0 Å². The number of carboxylic acids is 1. The molecule has 1 amide bonds. The van der Waals surface area contributed by atoms with Gasteiger partial charge in [0.15, 0.2) is 0 Å². The second kappa shape index (κ2) is 3.64. The second-order valence-electron chi connectivity index (χ2n) is 2.06. The van der Waals surface area contributed by atoms with Crippen LogP contribution in [0.25, 0.3) is 0 Å². The van der Waals surface area contributed by atoms with Crippen molar-refractivity contribution in [2.75, 3.05) is 13.2 Å². The summed E-state index contributed by atoms with van der Waals surface area (Å²) in [4.78, 5) is 21.1. The Hall–Kier alpha value is -0.670. The van der Waals surface area contributed by atoms with E-state index in [0.29, 0.717) is 13.0 Å². The molecule has 0 radical (unpaired) electrons. The van der Waals surface area contributed by atoms with Gasteiger partial charge in [0.1, 0.15) is 15.5 Å². The second-order valence-corrected chi connectivity index (χ2v) is 3.07. The molecule has 1 heterocycles. The molecule has 1 aliphatic rings. The number of carbonyl (C=O) groups excluding carboxylic acids is 1. The minimum atomic E-state index is -1.00. The molecule has 0 aliphatic carbocycles. The third-order valence-electron chi connectivity index (χ3n) is 1.19. The van der Waals surface area contributed by atoms with Crippen molar-refractivity contribution in [3.05, 3.63) is 0 Å². The van der Waals surface area contributed by atoms with Crippen LogP contribution in [0.15, 0.2) is 0 Å². The molecule has 1 fully saturated rings. The number of amides is 1.